The summed E-state index contributed by atoms with van der Waals surface area (Å²) in [5.74, 6) is -0.522. The lowest BCUT2D eigenvalue weighted by Gasteiger charge is -2.31. The number of hydrogen-bond donors (Lipinski definition) is 3. The number of amides is 3. The van der Waals surface area contributed by atoms with E-state index < -0.39 is 23.8 Å². The number of carbonyl (C=O) groups is 3. The van der Waals surface area contributed by atoms with E-state index in [1.54, 1.807) is 25.1 Å². The number of nitrogens with one attached hydrogen (secondary N) is 1. The van der Waals surface area contributed by atoms with Crippen molar-refractivity contribution in [3.05, 3.63) is 63.6 Å². The van der Waals surface area contributed by atoms with Gasteiger partial charge in [-0.1, -0.05) is 26.0 Å². The molecule has 10 heteroatoms. The maximum atomic E-state index is 14.0. The largest absolute Gasteiger partial charge is 0.464 e. The summed E-state index contributed by atoms with van der Waals surface area (Å²) in [5, 5.41) is 2.94. The van der Waals surface area contributed by atoms with Crippen LogP contribution in [-0.4, -0.2) is 28.6 Å². The molecule has 0 saturated carbocycles. The number of rotatable bonds is 9. The summed E-state index contributed by atoms with van der Waals surface area (Å²) in [6, 6.07) is 7.78. The highest BCUT2D eigenvalue weighted by molar-refractivity contribution is 7.09. The SMILES string of the molecule is Cc1ccc([C@H](C(=O)NCCC(C)C)N(C(=O)c2snc(C(N)=O)c2N)c2cccc(C)c2C)o1. The molecular formula is C25H31N5O4S. The molecule has 2 heterocycles. The van der Waals surface area contributed by atoms with Crippen LogP contribution in [0.5, 0.6) is 0 Å². The minimum atomic E-state index is -1.12. The molecule has 35 heavy (non-hydrogen) atoms. The predicted octanol–water partition coefficient (Wildman–Crippen LogP) is 3.89. The van der Waals surface area contributed by atoms with Crippen molar-refractivity contribution in [1.82, 2.24) is 9.69 Å². The Morgan fingerprint density at radius 1 is 1.14 bits per heavy atom. The number of aryl methyl sites for hydroxylation is 2. The molecule has 0 aliphatic rings. The van der Waals surface area contributed by atoms with Gasteiger partial charge in [-0.15, -0.1) is 0 Å². The second-order valence-corrected chi connectivity index (χ2v) is 9.63. The van der Waals surface area contributed by atoms with Crippen LogP contribution in [0.1, 0.15) is 69.1 Å². The van der Waals surface area contributed by atoms with Gasteiger partial charge in [0.05, 0.1) is 5.69 Å². The Labute approximate surface area is 208 Å². The monoisotopic (exact) mass is 497 g/mol. The van der Waals surface area contributed by atoms with E-state index in [1.165, 1.54) is 4.90 Å². The molecule has 0 spiro atoms. The highest BCUT2D eigenvalue weighted by atomic mass is 32.1. The average Bonchev–Trinajstić information content (AvgIpc) is 3.38. The van der Waals surface area contributed by atoms with Crippen LogP contribution in [0.25, 0.3) is 0 Å². The molecule has 0 fully saturated rings. The second-order valence-electron chi connectivity index (χ2n) is 8.86. The van der Waals surface area contributed by atoms with Crippen molar-refractivity contribution in [2.45, 2.75) is 47.1 Å². The summed E-state index contributed by atoms with van der Waals surface area (Å²) in [5.41, 5.74) is 13.4. The van der Waals surface area contributed by atoms with E-state index in [1.807, 2.05) is 26.0 Å². The van der Waals surface area contributed by atoms with Crippen LogP contribution < -0.4 is 21.7 Å². The number of nitrogens with two attached hydrogens (primary N) is 2. The molecule has 0 bridgehead atoms. The van der Waals surface area contributed by atoms with Gasteiger partial charge in [0.15, 0.2) is 11.7 Å². The number of nitrogen functional groups attached to an aromatic ring is 1. The number of furan rings is 1. The maximum Gasteiger partial charge on any atom is 0.273 e. The number of anilines is 2. The third-order valence-corrected chi connectivity index (χ3v) is 6.62. The van der Waals surface area contributed by atoms with Gasteiger partial charge in [0.2, 0.25) is 0 Å². The van der Waals surface area contributed by atoms with Crippen molar-refractivity contribution in [3.8, 4) is 0 Å². The number of nitrogens with zero attached hydrogens (tertiary/aromatic N) is 2. The molecular weight excluding hydrogens is 466 g/mol. The Morgan fingerprint density at radius 2 is 1.86 bits per heavy atom. The van der Waals surface area contributed by atoms with Crippen LogP contribution in [0, 0.1) is 26.7 Å². The van der Waals surface area contributed by atoms with Crippen molar-refractivity contribution in [3.63, 3.8) is 0 Å². The van der Waals surface area contributed by atoms with Gasteiger partial charge in [-0.05, 0) is 74.0 Å². The first-order chi connectivity index (χ1) is 16.5. The van der Waals surface area contributed by atoms with Crippen LogP contribution >= 0.6 is 11.5 Å². The van der Waals surface area contributed by atoms with Crippen LogP contribution in [0.2, 0.25) is 0 Å². The lowest BCUT2D eigenvalue weighted by molar-refractivity contribution is -0.122. The summed E-state index contributed by atoms with van der Waals surface area (Å²) in [6.45, 7) is 10.1. The highest BCUT2D eigenvalue weighted by Gasteiger charge is 2.38. The van der Waals surface area contributed by atoms with Gasteiger partial charge in [-0.2, -0.15) is 4.37 Å². The van der Waals surface area contributed by atoms with Crippen molar-refractivity contribution in [2.24, 2.45) is 11.7 Å². The minimum Gasteiger partial charge on any atom is -0.464 e. The van der Waals surface area contributed by atoms with Crippen LogP contribution in [-0.2, 0) is 4.79 Å². The first-order valence-corrected chi connectivity index (χ1v) is 12.1. The summed E-state index contributed by atoms with van der Waals surface area (Å²) in [6.07, 6.45) is 0.775. The average molecular weight is 498 g/mol. The molecule has 1 aromatic carbocycles. The maximum absolute atomic E-state index is 14.0. The Bertz CT molecular complexity index is 1250. The fraction of sp³-hybridized carbons (Fsp3) is 0.360. The van der Waals surface area contributed by atoms with Crippen molar-refractivity contribution >= 4 is 40.6 Å². The predicted molar refractivity (Wildman–Crippen MR) is 136 cm³/mol. The fourth-order valence-corrected chi connectivity index (χ4v) is 4.40. The van der Waals surface area contributed by atoms with Gasteiger partial charge in [-0.25, -0.2) is 0 Å². The third-order valence-electron chi connectivity index (χ3n) is 5.77. The van der Waals surface area contributed by atoms with Gasteiger partial charge < -0.3 is 21.2 Å². The normalized spacial score (nSPS) is 11.9. The number of benzene rings is 1. The van der Waals surface area contributed by atoms with Crippen molar-refractivity contribution in [2.75, 3.05) is 17.2 Å². The quantitative estimate of drug-likeness (QED) is 0.409. The zero-order chi connectivity index (χ0) is 25.9. The molecule has 9 nitrogen and oxygen atoms in total. The molecule has 0 radical (unpaired) electrons. The first-order valence-electron chi connectivity index (χ1n) is 11.3. The van der Waals surface area contributed by atoms with Gasteiger partial charge in [-0.3, -0.25) is 19.3 Å². The van der Waals surface area contributed by atoms with E-state index >= 15 is 0 Å². The summed E-state index contributed by atoms with van der Waals surface area (Å²) in [4.78, 5) is 40.7. The van der Waals surface area contributed by atoms with E-state index in [0.29, 0.717) is 29.7 Å². The van der Waals surface area contributed by atoms with E-state index in [2.05, 4.69) is 23.5 Å². The second kappa shape index (κ2) is 10.7. The number of carbonyl (C=O) groups excluding carboxylic acids is 3. The van der Waals surface area contributed by atoms with Crippen LogP contribution in [0.15, 0.2) is 34.7 Å². The third kappa shape index (κ3) is 5.54. The van der Waals surface area contributed by atoms with Gasteiger partial charge in [0, 0.05) is 12.2 Å². The topological polar surface area (TPSA) is 145 Å². The van der Waals surface area contributed by atoms with Crippen LogP contribution in [0.3, 0.4) is 0 Å². The lowest BCUT2D eigenvalue weighted by Crippen LogP contribution is -2.44. The molecule has 0 unspecified atom stereocenters. The molecule has 1 atom stereocenters. The summed E-state index contributed by atoms with van der Waals surface area (Å²) in [7, 11) is 0. The van der Waals surface area contributed by atoms with Gasteiger partial charge in [0.25, 0.3) is 17.7 Å². The fourth-order valence-electron chi connectivity index (χ4n) is 3.66. The standard InChI is InChI=1S/C25H31N5O4S/c1-13(2)11-12-28-24(32)21(18-10-9-15(4)34-18)30(17-8-6-7-14(3)16(17)5)25(33)22-19(26)20(23(27)31)29-35-22/h6-10,13,21H,11-12,26H2,1-5H3,(H2,27,31)(H,28,32)/t21-/m1/s1. The van der Waals surface area contributed by atoms with E-state index in [0.717, 1.165) is 29.1 Å². The van der Waals surface area contributed by atoms with Gasteiger partial charge in [0.1, 0.15) is 16.4 Å². The molecule has 5 N–H and O–H groups in total. The molecule has 3 aromatic rings. The Hall–Kier alpha value is -3.66. The van der Waals surface area contributed by atoms with E-state index in [9.17, 15) is 14.4 Å². The van der Waals surface area contributed by atoms with Crippen LogP contribution in [0.4, 0.5) is 11.4 Å². The van der Waals surface area contributed by atoms with E-state index in [4.69, 9.17) is 15.9 Å². The molecule has 3 rings (SSSR count). The number of hydrogen-bond acceptors (Lipinski definition) is 7. The first kappa shape index (κ1) is 26.0. The van der Waals surface area contributed by atoms with Crippen molar-refractivity contribution in [1.29, 1.82) is 0 Å². The van der Waals surface area contributed by atoms with E-state index in [-0.39, 0.29) is 16.3 Å². The number of aromatic nitrogens is 1. The number of primary amides is 1. The molecule has 2 aromatic heterocycles. The smallest absolute Gasteiger partial charge is 0.273 e. The molecule has 0 aliphatic carbocycles. The molecule has 0 saturated heterocycles. The Balaban J connectivity index is 2.19. The molecule has 186 valence electrons. The Morgan fingerprint density at radius 3 is 2.43 bits per heavy atom. The van der Waals surface area contributed by atoms with Gasteiger partial charge >= 0.3 is 0 Å². The highest BCUT2D eigenvalue weighted by Crippen LogP contribution is 2.36. The minimum absolute atomic E-state index is 0.0166. The summed E-state index contributed by atoms with van der Waals surface area (Å²) >= 11 is 0.768. The zero-order valence-corrected chi connectivity index (χ0v) is 21.4. The Kier molecular flexibility index (Phi) is 7.96. The molecule has 0 aliphatic heterocycles. The van der Waals surface area contributed by atoms with Crippen molar-refractivity contribution < 1.29 is 18.8 Å². The summed E-state index contributed by atoms with van der Waals surface area (Å²) < 4.78 is 9.83. The molecule has 3 amide bonds. The zero-order valence-electron chi connectivity index (χ0n) is 20.5. The lowest BCUT2D eigenvalue weighted by atomic mass is 10.0.